The Bertz CT molecular complexity index is 661. The third-order valence-corrected chi connectivity index (χ3v) is 4.45. The molecule has 1 radical (unpaired) electrons. The number of benzene rings is 2. The van der Waals surface area contributed by atoms with Gasteiger partial charge in [-0.15, -0.1) is 0 Å². The molecule has 2 rings (SSSR count). The summed E-state index contributed by atoms with van der Waals surface area (Å²) in [6, 6.07) is 7.01. The van der Waals surface area contributed by atoms with Gasteiger partial charge >= 0.3 is 0 Å². The van der Waals surface area contributed by atoms with Crippen molar-refractivity contribution in [3.63, 3.8) is 0 Å². The highest BCUT2D eigenvalue weighted by atomic mass is 19.1. The van der Waals surface area contributed by atoms with Crippen molar-refractivity contribution in [1.82, 2.24) is 0 Å². The highest BCUT2D eigenvalue weighted by molar-refractivity contribution is 6.68. The molecule has 0 bridgehead atoms. The van der Waals surface area contributed by atoms with Gasteiger partial charge in [0.1, 0.15) is 11.6 Å². The molecule has 0 amide bonds. The maximum atomic E-state index is 14.4. The van der Waals surface area contributed by atoms with Crippen molar-refractivity contribution in [3.05, 3.63) is 58.2 Å². The van der Waals surface area contributed by atoms with Crippen LogP contribution in [0, 0.1) is 38.3 Å². The van der Waals surface area contributed by atoms with Gasteiger partial charge in [0.25, 0.3) is 0 Å². The SMILES string of the molecule is CCC(C)Cc1cc(F)c([B]c2c(C)cc(C)cc2C)c(F)c1. The van der Waals surface area contributed by atoms with Crippen LogP contribution in [0.25, 0.3) is 0 Å². The summed E-state index contributed by atoms with van der Waals surface area (Å²) in [5.74, 6) is -0.546. The summed E-state index contributed by atoms with van der Waals surface area (Å²) in [5.41, 5.74) is 4.89. The molecule has 23 heavy (non-hydrogen) atoms. The van der Waals surface area contributed by atoms with E-state index in [9.17, 15) is 8.78 Å². The van der Waals surface area contributed by atoms with Gasteiger partial charge < -0.3 is 0 Å². The van der Waals surface area contributed by atoms with Crippen LogP contribution in [0.5, 0.6) is 0 Å². The first kappa shape index (κ1) is 17.7. The molecular formula is C20H24BF2. The van der Waals surface area contributed by atoms with Gasteiger partial charge in [-0.25, -0.2) is 8.78 Å². The summed E-state index contributed by atoms with van der Waals surface area (Å²) < 4.78 is 28.8. The van der Waals surface area contributed by atoms with Crippen molar-refractivity contribution < 1.29 is 8.78 Å². The van der Waals surface area contributed by atoms with Crippen molar-refractivity contribution in [3.8, 4) is 0 Å². The van der Waals surface area contributed by atoms with Crippen LogP contribution in [0.1, 0.15) is 42.5 Å². The van der Waals surface area contributed by atoms with Crippen LogP contribution in [0.15, 0.2) is 24.3 Å². The Hall–Kier alpha value is -1.64. The maximum Gasteiger partial charge on any atom is 0.200 e. The van der Waals surface area contributed by atoms with Crippen molar-refractivity contribution in [1.29, 1.82) is 0 Å². The van der Waals surface area contributed by atoms with Crippen molar-refractivity contribution in [2.24, 2.45) is 5.92 Å². The third kappa shape index (κ3) is 4.22. The first-order chi connectivity index (χ1) is 10.8. The van der Waals surface area contributed by atoms with E-state index in [1.165, 1.54) is 12.1 Å². The molecule has 1 unspecified atom stereocenters. The number of rotatable bonds is 5. The molecule has 121 valence electrons. The summed E-state index contributed by atoms with van der Waals surface area (Å²) in [5, 5.41) is 0. The Morgan fingerprint density at radius 1 is 0.913 bits per heavy atom. The third-order valence-electron chi connectivity index (χ3n) is 4.45. The molecule has 0 aromatic heterocycles. The second-order valence-electron chi connectivity index (χ2n) is 6.65. The van der Waals surface area contributed by atoms with E-state index in [1.807, 2.05) is 32.9 Å². The fraction of sp³-hybridized carbons (Fsp3) is 0.400. The minimum Gasteiger partial charge on any atom is -0.207 e. The van der Waals surface area contributed by atoms with Crippen LogP contribution in [-0.4, -0.2) is 7.28 Å². The first-order valence-electron chi connectivity index (χ1n) is 8.22. The van der Waals surface area contributed by atoms with E-state index in [2.05, 4.69) is 13.8 Å². The zero-order chi connectivity index (χ0) is 17.1. The van der Waals surface area contributed by atoms with Gasteiger partial charge in [0.2, 0.25) is 0 Å². The molecule has 0 aliphatic rings. The number of halogens is 2. The summed E-state index contributed by atoms with van der Waals surface area (Å²) >= 11 is 0. The second kappa shape index (κ2) is 7.29. The molecule has 3 heteroatoms. The summed E-state index contributed by atoms with van der Waals surface area (Å²) in [4.78, 5) is 0. The van der Waals surface area contributed by atoms with E-state index in [1.54, 1.807) is 7.28 Å². The molecule has 0 aliphatic carbocycles. The van der Waals surface area contributed by atoms with Gasteiger partial charge in [-0.3, -0.25) is 0 Å². The van der Waals surface area contributed by atoms with Crippen molar-refractivity contribution in [2.45, 2.75) is 47.5 Å². The average Bonchev–Trinajstić information content (AvgIpc) is 2.44. The number of hydrogen-bond acceptors (Lipinski definition) is 0. The van der Waals surface area contributed by atoms with Gasteiger partial charge in [0.05, 0.1) is 0 Å². The van der Waals surface area contributed by atoms with Crippen LogP contribution < -0.4 is 10.9 Å². The highest BCUT2D eigenvalue weighted by Gasteiger charge is 2.16. The average molecular weight is 313 g/mol. The van der Waals surface area contributed by atoms with E-state index >= 15 is 0 Å². The Kier molecular flexibility index (Phi) is 5.62. The summed E-state index contributed by atoms with van der Waals surface area (Å²) in [7, 11) is 1.63. The molecule has 0 aliphatic heterocycles. The zero-order valence-corrected chi connectivity index (χ0v) is 14.6. The normalized spacial score (nSPS) is 12.3. The highest BCUT2D eigenvalue weighted by Crippen LogP contribution is 2.14. The summed E-state index contributed by atoms with van der Waals surface area (Å²) in [6.45, 7) is 10.1. The van der Waals surface area contributed by atoms with Crippen LogP contribution >= 0.6 is 0 Å². The maximum absolute atomic E-state index is 14.4. The Balaban J connectivity index is 2.34. The molecule has 0 nitrogen and oxygen atoms in total. The fourth-order valence-corrected chi connectivity index (χ4v) is 3.00. The monoisotopic (exact) mass is 313 g/mol. The van der Waals surface area contributed by atoms with Crippen LogP contribution in [0.3, 0.4) is 0 Å². The lowest BCUT2D eigenvalue weighted by Crippen LogP contribution is -2.35. The van der Waals surface area contributed by atoms with E-state index in [-0.39, 0.29) is 5.46 Å². The van der Waals surface area contributed by atoms with Crippen molar-refractivity contribution in [2.75, 3.05) is 0 Å². The number of hydrogen-bond donors (Lipinski definition) is 0. The molecule has 2 aromatic carbocycles. The molecule has 0 heterocycles. The molecule has 0 N–H and O–H groups in total. The quantitative estimate of drug-likeness (QED) is 0.728. The predicted molar refractivity (Wildman–Crippen MR) is 95.2 cm³/mol. The molecule has 0 fully saturated rings. The van der Waals surface area contributed by atoms with E-state index in [0.29, 0.717) is 12.3 Å². The fourth-order valence-electron chi connectivity index (χ4n) is 3.00. The van der Waals surface area contributed by atoms with Crippen LogP contribution in [-0.2, 0) is 6.42 Å². The molecule has 0 saturated heterocycles. The predicted octanol–water partition coefficient (Wildman–Crippen LogP) is 4.13. The Labute approximate surface area is 139 Å². The minimum absolute atomic E-state index is 0.0490. The van der Waals surface area contributed by atoms with Gasteiger partial charge in [-0.1, -0.05) is 54.6 Å². The summed E-state index contributed by atoms with van der Waals surface area (Å²) in [6.07, 6.45) is 1.70. The first-order valence-corrected chi connectivity index (χ1v) is 8.22. The van der Waals surface area contributed by atoms with Crippen LogP contribution in [0.2, 0.25) is 0 Å². The molecule has 2 aromatic rings. The van der Waals surface area contributed by atoms with E-state index in [0.717, 1.165) is 34.1 Å². The lowest BCUT2D eigenvalue weighted by atomic mass is 9.60. The topological polar surface area (TPSA) is 0 Å². The van der Waals surface area contributed by atoms with E-state index < -0.39 is 11.6 Å². The van der Waals surface area contributed by atoms with Gasteiger partial charge in [-0.05, 0) is 56.3 Å². The molecule has 0 spiro atoms. The molecule has 0 saturated carbocycles. The van der Waals surface area contributed by atoms with Gasteiger partial charge in [0.15, 0.2) is 7.28 Å². The zero-order valence-electron chi connectivity index (χ0n) is 14.6. The standard InChI is InChI=1S/C20H24BF2/c1-6-12(2)9-16-10-17(22)20(18(23)11-16)21-19-14(4)7-13(3)8-15(19)5/h7-8,10-12H,6,9H2,1-5H3. The van der Waals surface area contributed by atoms with Gasteiger partial charge in [0, 0.05) is 0 Å². The second-order valence-corrected chi connectivity index (χ2v) is 6.65. The minimum atomic E-state index is -0.484. The molecule has 1 atom stereocenters. The lowest BCUT2D eigenvalue weighted by Gasteiger charge is -2.14. The van der Waals surface area contributed by atoms with Crippen molar-refractivity contribution >= 4 is 18.2 Å². The number of aryl methyl sites for hydroxylation is 3. The Morgan fingerprint density at radius 3 is 1.91 bits per heavy atom. The largest absolute Gasteiger partial charge is 0.207 e. The van der Waals surface area contributed by atoms with Gasteiger partial charge in [-0.2, -0.15) is 0 Å². The smallest absolute Gasteiger partial charge is 0.200 e. The lowest BCUT2D eigenvalue weighted by molar-refractivity contribution is 0.548. The van der Waals surface area contributed by atoms with Crippen LogP contribution in [0.4, 0.5) is 8.78 Å². The Morgan fingerprint density at radius 2 is 1.43 bits per heavy atom. The van der Waals surface area contributed by atoms with E-state index in [4.69, 9.17) is 0 Å². The molecular weight excluding hydrogens is 289 g/mol.